The van der Waals surface area contributed by atoms with Crippen LogP contribution in [-0.2, 0) is 0 Å². The maximum absolute atomic E-state index is 4.26. The molecule has 2 heteroatoms. The van der Waals surface area contributed by atoms with Crippen molar-refractivity contribution >= 4 is 6.21 Å². The molecule has 0 spiro atoms. The summed E-state index contributed by atoms with van der Waals surface area (Å²) in [5.74, 6) is 0.522. The predicted molar refractivity (Wildman–Crippen MR) is 55.9 cm³/mol. The predicted octanol–water partition coefficient (Wildman–Crippen LogP) is 1.90. The van der Waals surface area contributed by atoms with Crippen LogP contribution in [0.15, 0.2) is 28.9 Å². The summed E-state index contributed by atoms with van der Waals surface area (Å²) in [5.41, 5.74) is 1.53. The van der Waals surface area contributed by atoms with Gasteiger partial charge in [-0.1, -0.05) is 11.6 Å². The van der Waals surface area contributed by atoms with Crippen LogP contribution in [0, 0.1) is 5.92 Å². The third-order valence-electron chi connectivity index (χ3n) is 2.94. The lowest BCUT2D eigenvalue weighted by molar-refractivity contribution is 0.410. The van der Waals surface area contributed by atoms with Crippen molar-refractivity contribution in [1.82, 2.24) is 5.32 Å². The summed E-state index contributed by atoms with van der Waals surface area (Å²) in [6.45, 7) is 0. The molecule has 1 heterocycles. The van der Waals surface area contributed by atoms with Gasteiger partial charge in [0, 0.05) is 24.4 Å². The van der Waals surface area contributed by atoms with E-state index in [9.17, 15) is 0 Å². The average Bonchev–Trinajstić information content (AvgIpc) is 2.41. The number of rotatable bonds is 1. The van der Waals surface area contributed by atoms with E-state index >= 15 is 0 Å². The molecule has 70 valence electrons. The van der Waals surface area contributed by atoms with Gasteiger partial charge in [-0.2, -0.15) is 0 Å². The highest BCUT2D eigenvalue weighted by molar-refractivity contribution is 5.68. The molecule has 1 fully saturated rings. The van der Waals surface area contributed by atoms with Crippen LogP contribution in [0.1, 0.15) is 19.3 Å². The number of hydrogen-bond donors (Lipinski definition) is 1. The SMILES string of the molecule is CN[C@H]1CCCC2=CC=CN=CC21. The Kier molecular flexibility index (Phi) is 2.60. The summed E-state index contributed by atoms with van der Waals surface area (Å²) in [5, 5.41) is 3.37. The first kappa shape index (κ1) is 8.70. The molecule has 2 atom stereocenters. The van der Waals surface area contributed by atoms with Gasteiger partial charge in [0.1, 0.15) is 0 Å². The monoisotopic (exact) mass is 176 g/mol. The van der Waals surface area contributed by atoms with Gasteiger partial charge in [0.2, 0.25) is 0 Å². The normalized spacial score (nSPS) is 32.2. The number of nitrogens with one attached hydrogen (secondary N) is 1. The first-order valence-electron chi connectivity index (χ1n) is 4.98. The van der Waals surface area contributed by atoms with E-state index in [4.69, 9.17) is 0 Å². The Balaban J connectivity index is 2.22. The number of fused-ring (bicyclic) bond motifs is 1. The largest absolute Gasteiger partial charge is 0.316 e. The molecule has 2 rings (SSSR count). The van der Waals surface area contributed by atoms with E-state index in [0.29, 0.717) is 12.0 Å². The molecule has 1 unspecified atom stereocenters. The molecule has 0 aromatic carbocycles. The second-order valence-electron chi connectivity index (χ2n) is 3.69. The summed E-state index contributed by atoms with van der Waals surface area (Å²) < 4.78 is 0. The minimum Gasteiger partial charge on any atom is -0.316 e. The summed E-state index contributed by atoms with van der Waals surface area (Å²) >= 11 is 0. The van der Waals surface area contributed by atoms with E-state index in [-0.39, 0.29) is 0 Å². The topological polar surface area (TPSA) is 24.4 Å². The molecule has 13 heavy (non-hydrogen) atoms. The molecular formula is C11H16N2. The number of aliphatic imine (C=N–C) groups is 1. The first-order valence-corrected chi connectivity index (χ1v) is 4.98. The Morgan fingerprint density at radius 2 is 2.46 bits per heavy atom. The van der Waals surface area contributed by atoms with Crippen molar-refractivity contribution in [2.75, 3.05) is 7.05 Å². The van der Waals surface area contributed by atoms with Crippen LogP contribution >= 0.6 is 0 Å². The molecule has 1 N–H and O–H groups in total. The molecule has 0 aromatic heterocycles. The van der Waals surface area contributed by atoms with E-state index < -0.39 is 0 Å². The Bertz CT molecular complexity index is 263. The van der Waals surface area contributed by atoms with Gasteiger partial charge < -0.3 is 5.32 Å². The second kappa shape index (κ2) is 3.88. The zero-order valence-corrected chi connectivity index (χ0v) is 8.03. The van der Waals surface area contributed by atoms with Crippen molar-refractivity contribution in [2.45, 2.75) is 25.3 Å². The lowest BCUT2D eigenvalue weighted by Gasteiger charge is -2.30. The van der Waals surface area contributed by atoms with Crippen molar-refractivity contribution in [2.24, 2.45) is 10.9 Å². The molecule has 0 aromatic rings. The van der Waals surface area contributed by atoms with Gasteiger partial charge in [0.15, 0.2) is 0 Å². The molecule has 0 radical (unpaired) electrons. The van der Waals surface area contributed by atoms with E-state index in [2.05, 4.69) is 22.6 Å². The van der Waals surface area contributed by atoms with E-state index in [0.717, 1.165) is 0 Å². The van der Waals surface area contributed by atoms with Gasteiger partial charge in [-0.15, -0.1) is 0 Å². The van der Waals surface area contributed by atoms with Crippen molar-refractivity contribution in [3.8, 4) is 0 Å². The maximum atomic E-state index is 4.26. The lowest BCUT2D eigenvalue weighted by Crippen LogP contribution is -2.38. The number of hydrogen-bond acceptors (Lipinski definition) is 2. The van der Waals surface area contributed by atoms with Gasteiger partial charge in [-0.3, -0.25) is 4.99 Å². The summed E-state index contributed by atoms with van der Waals surface area (Å²) in [6, 6.07) is 0.587. The number of nitrogens with zero attached hydrogens (tertiary/aromatic N) is 1. The zero-order valence-electron chi connectivity index (χ0n) is 8.03. The van der Waals surface area contributed by atoms with E-state index in [1.54, 1.807) is 0 Å². The van der Waals surface area contributed by atoms with Crippen molar-refractivity contribution in [1.29, 1.82) is 0 Å². The fourth-order valence-electron chi connectivity index (χ4n) is 2.21. The lowest BCUT2D eigenvalue weighted by atomic mass is 9.81. The van der Waals surface area contributed by atoms with E-state index in [1.165, 1.54) is 24.8 Å². The van der Waals surface area contributed by atoms with Crippen LogP contribution in [0.25, 0.3) is 0 Å². The Hall–Kier alpha value is -0.890. The van der Waals surface area contributed by atoms with Crippen molar-refractivity contribution in [3.63, 3.8) is 0 Å². The first-order chi connectivity index (χ1) is 6.42. The van der Waals surface area contributed by atoms with Gasteiger partial charge in [-0.05, 0) is 32.4 Å². The van der Waals surface area contributed by atoms with Crippen LogP contribution < -0.4 is 5.32 Å². The van der Waals surface area contributed by atoms with Gasteiger partial charge >= 0.3 is 0 Å². The molecular weight excluding hydrogens is 160 g/mol. The Labute approximate surface area is 79.4 Å². The molecule has 2 nitrogen and oxygen atoms in total. The summed E-state index contributed by atoms with van der Waals surface area (Å²) in [4.78, 5) is 4.26. The van der Waals surface area contributed by atoms with Gasteiger partial charge in [0.25, 0.3) is 0 Å². The molecule has 1 saturated carbocycles. The van der Waals surface area contributed by atoms with Crippen LogP contribution in [0.3, 0.4) is 0 Å². The van der Waals surface area contributed by atoms with Crippen LogP contribution in [-0.4, -0.2) is 19.3 Å². The maximum Gasteiger partial charge on any atom is 0.0309 e. The van der Waals surface area contributed by atoms with Gasteiger partial charge in [0.05, 0.1) is 0 Å². The third kappa shape index (κ3) is 1.73. The van der Waals surface area contributed by atoms with Crippen molar-refractivity contribution < 1.29 is 0 Å². The molecule has 0 saturated heterocycles. The highest BCUT2D eigenvalue weighted by Gasteiger charge is 2.26. The van der Waals surface area contributed by atoms with Crippen LogP contribution in [0.5, 0.6) is 0 Å². The summed E-state index contributed by atoms with van der Waals surface area (Å²) in [6.07, 6.45) is 12.0. The molecule has 0 amide bonds. The van der Waals surface area contributed by atoms with Crippen LogP contribution in [0.4, 0.5) is 0 Å². The minimum atomic E-state index is 0.522. The standard InChI is InChI=1S/C11H16N2/c1-12-11-6-2-4-9-5-3-7-13-8-10(9)11/h3,5,7-8,10-12H,2,4,6H2,1H3/t10?,11-/m0/s1. The fraction of sp³-hybridized carbons (Fsp3) is 0.545. The quantitative estimate of drug-likeness (QED) is 0.648. The van der Waals surface area contributed by atoms with Crippen molar-refractivity contribution in [3.05, 3.63) is 23.9 Å². The molecule has 2 aliphatic rings. The van der Waals surface area contributed by atoms with E-state index in [1.807, 2.05) is 19.3 Å². The molecule has 1 aliphatic carbocycles. The number of allylic oxidation sites excluding steroid dienone is 2. The Morgan fingerprint density at radius 1 is 1.54 bits per heavy atom. The summed E-state index contributed by atoms with van der Waals surface area (Å²) in [7, 11) is 2.04. The molecule has 1 aliphatic heterocycles. The Morgan fingerprint density at radius 3 is 3.31 bits per heavy atom. The smallest absolute Gasteiger partial charge is 0.0309 e. The second-order valence-corrected chi connectivity index (χ2v) is 3.69. The van der Waals surface area contributed by atoms with Gasteiger partial charge in [-0.25, -0.2) is 0 Å². The zero-order chi connectivity index (χ0) is 9.10. The van der Waals surface area contributed by atoms with Crippen LogP contribution in [0.2, 0.25) is 0 Å². The minimum absolute atomic E-state index is 0.522. The molecule has 0 bridgehead atoms. The fourth-order valence-corrected chi connectivity index (χ4v) is 2.21. The average molecular weight is 176 g/mol. The highest BCUT2D eigenvalue weighted by atomic mass is 14.9. The highest BCUT2D eigenvalue weighted by Crippen LogP contribution is 2.29. The third-order valence-corrected chi connectivity index (χ3v) is 2.94.